The minimum atomic E-state index is -0.265. The van der Waals surface area contributed by atoms with Crippen LogP contribution < -0.4 is 25.6 Å². The third-order valence-corrected chi connectivity index (χ3v) is 7.29. The minimum absolute atomic E-state index is 0.127. The number of hydrogen-bond acceptors (Lipinski definition) is 11. The van der Waals surface area contributed by atoms with Crippen molar-refractivity contribution in [1.82, 2.24) is 29.8 Å². The predicted molar refractivity (Wildman–Crippen MR) is 149 cm³/mol. The molecule has 0 bridgehead atoms. The third-order valence-electron chi connectivity index (χ3n) is 7.29. The lowest BCUT2D eigenvalue weighted by Gasteiger charge is -2.36. The molecule has 0 amide bonds. The van der Waals surface area contributed by atoms with Crippen LogP contribution >= 0.6 is 0 Å². The molecule has 1 aromatic carbocycles. The normalized spacial score (nSPS) is 18.4. The van der Waals surface area contributed by atoms with E-state index >= 15 is 0 Å². The summed E-state index contributed by atoms with van der Waals surface area (Å²) in [7, 11) is 1.95. The van der Waals surface area contributed by atoms with Crippen molar-refractivity contribution in [2.45, 2.75) is 6.04 Å². The molecule has 2 saturated heterocycles. The Kier molecular flexibility index (Phi) is 7.66. The number of anilines is 3. The van der Waals surface area contributed by atoms with Gasteiger partial charge in [-0.3, -0.25) is 4.90 Å². The van der Waals surface area contributed by atoms with Gasteiger partial charge >= 0.3 is 0 Å². The molecule has 2 aliphatic rings. The summed E-state index contributed by atoms with van der Waals surface area (Å²) in [5.74, 6) is 1.70. The van der Waals surface area contributed by atoms with Gasteiger partial charge in [0.15, 0.2) is 11.4 Å². The Morgan fingerprint density at radius 2 is 2.05 bits per heavy atom. The lowest BCUT2D eigenvalue weighted by atomic mass is 10.2. The summed E-state index contributed by atoms with van der Waals surface area (Å²) in [6, 6.07) is 10.7. The molecule has 1 unspecified atom stereocenters. The molecule has 13 heteroatoms. The Hall–Kier alpha value is -3.94. The van der Waals surface area contributed by atoms with E-state index in [0.29, 0.717) is 54.3 Å². The molecule has 0 spiro atoms. The first kappa shape index (κ1) is 26.3. The smallest absolute Gasteiger partial charge is 0.230 e. The number of morpholine rings is 1. The third kappa shape index (κ3) is 5.81. The SMILES string of the molecule is CN(CCN1CCN(c2ccc(OCC3COCCN3)cc2F)CC1)c1nc(N)n2nc(-c3ccco3)cc2n1. The highest BCUT2D eigenvalue weighted by atomic mass is 19.1. The summed E-state index contributed by atoms with van der Waals surface area (Å²) in [5.41, 5.74) is 8.03. The summed E-state index contributed by atoms with van der Waals surface area (Å²) < 4.78 is 33.1. The molecule has 6 rings (SSSR count). The van der Waals surface area contributed by atoms with E-state index in [1.54, 1.807) is 6.26 Å². The summed E-state index contributed by atoms with van der Waals surface area (Å²) in [5, 5.41) is 7.78. The van der Waals surface area contributed by atoms with Gasteiger partial charge < -0.3 is 34.7 Å². The second kappa shape index (κ2) is 11.7. The molecule has 0 aliphatic carbocycles. The van der Waals surface area contributed by atoms with Gasteiger partial charge in [-0.05, 0) is 24.3 Å². The Balaban J connectivity index is 0.999. The van der Waals surface area contributed by atoms with Crippen molar-refractivity contribution in [2.75, 3.05) is 88.2 Å². The number of nitrogens with one attached hydrogen (secondary N) is 1. The van der Waals surface area contributed by atoms with Crippen LogP contribution in [0, 0.1) is 5.82 Å². The molecule has 2 aliphatic heterocycles. The number of piperazine rings is 1. The van der Waals surface area contributed by atoms with Crippen LogP contribution in [-0.4, -0.2) is 103 Å². The second-order valence-corrected chi connectivity index (χ2v) is 10.1. The first-order valence-corrected chi connectivity index (χ1v) is 13.5. The average molecular weight is 552 g/mol. The van der Waals surface area contributed by atoms with E-state index in [4.69, 9.17) is 19.6 Å². The van der Waals surface area contributed by atoms with E-state index in [1.807, 2.05) is 42.3 Å². The zero-order valence-corrected chi connectivity index (χ0v) is 22.5. The standard InChI is InChI=1S/C27H34FN9O3/c1-34(27-31-25-16-22(24-3-2-13-39-24)33-37(25)26(29)32-27)7-8-35-9-11-36(12-10-35)23-5-4-20(15-21(23)28)40-18-19-17-38-14-6-30-19/h2-5,13,15-16,19,30H,6-12,14,17-18H2,1H3,(H2,29,31,32). The lowest BCUT2D eigenvalue weighted by molar-refractivity contribution is 0.0592. The maximum atomic E-state index is 14.9. The molecule has 3 N–H and O–H groups in total. The van der Waals surface area contributed by atoms with Crippen LogP contribution in [0.5, 0.6) is 5.75 Å². The minimum Gasteiger partial charge on any atom is -0.492 e. The molecule has 4 aromatic rings. The van der Waals surface area contributed by atoms with Crippen molar-refractivity contribution in [3.63, 3.8) is 0 Å². The number of nitrogen functional groups attached to an aromatic ring is 1. The van der Waals surface area contributed by atoms with Gasteiger partial charge in [0.05, 0.1) is 31.2 Å². The first-order valence-electron chi connectivity index (χ1n) is 13.5. The summed E-state index contributed by atoms with van der Waals surface area (Å²) in [6.07, 6.45) is 1.60. The van der Waals surface area contributed by atoms with Gasteiger partial charge in [-0.15, -0.1) is 0 Å². The number of fused-ring (bicyclic) bond motifs is 1. The van der Waals surface area contributed by atoms with Gasteiger partial charge in [0.2, 0.25) is 11.9 Å². The van der Waals surface area contributed by atoms with Crippen LogP contribution in [0.2, 0.25) is 0 Å². The van der Waals surface area contributed by atoms with Crippen LogP contribution in [0.1, 0.15) is 0 Å². The zero-order valence-electron chi connectivity index (χ0n) is 22.5. The quantitative estimate of drug-likeness (QED) is 0.316. The number of nitrogens with two attached hydrogens (primary N) is 1. The van der Waals surface area contributed by atoms with E-state index in [0.717, 1.165) is 45.8 Å². The fourth-order valence-corrected chi connectivity index (χ4v) is 4.97. The van der Waals surface area contributed by atoms with Crippen molar-refractivity contribution in [1.29, 1.82) is 0 Å². The predicted octanol–water partition coefficient (Wildman–Crippen LogP) is 1.73. The number of ether oxygens (including phenoxy) is 2. The van der Waals surface area contributed by atoms with Gasteiger partial charge in [-0.25, -0.2) is 4.39 Å². The number of likely N-dealkylation sites (N-methyl/N-ethyl adjacent to an activating group) is 1. The molecule has 0 saturated carbocycles. The number of furan rings is 1. The molecule has 2 fully saturated rings. The molecule has 5 heterocycles. The van der Waals surface area contributed by atoms with Crippen LogP contribution in [0.25, 0.3) is 17.1 Å². The number of benzene rings is 1. The average Bonchev–Trinajstić information content (AvgIpc) is 3.67. The monoisotopic (exact) mass is 551 g/mol. The topological polar surface area (TPSA) is 122 Å². The van der Waals surface area contributed by atoms with Crippen LogP contribution in [0.4, 0.5) is 22.0 Å². The van der Waals surface area contributed by atoms with Crippen LogP contribution in [-0.2, 0) is 4.74 Å². The van der Waals surface area contributed by atoms with Gasteiger partial charge in [-0.1, -0.05) is 0 Å². The number of aromatic nitrogens is 4. The summed E-state index contributed by atoms with van der Waals surface area (Å²) >= 11 is 0. The highest BCUT2D eigenvalue weighted by molar-refractivity contribution is 5.61. The highest BCUT2D eigenvalue weighted by Gasteiger charge is 2.21. The Bertz CT molecular complexity index is 1420. The van der Waals surface area contributed by atoms with E-state index in [9.17, 15) is 4.39 Å². The fourth-order valence-electron chi connectivity index (χ4n) is 4.97. The lowest BCUT2D eigenvalue weighted by Crippen LogP contribution is -2.48. The Morgan fingerprint density at radius 3 is 2.80 bits per heavy atom. The summed E-state index contributed by atoms with van der Waals surface area (Å²) in [6.45, 7) is 7.26. The van der Waals surface area contributed by atoms with Crippen molar-refractivity contribution in [2.24, 2.45) is 0 Å². The molecule has 1 atom stereocenters. The zero-order chi connectivity index (χ0) is 27.5. The molecule has 0 radical (unpaired) electrons. The molecular weight excluding hydrogens is 517 g/mol. The van der Waals surface area contributed by atoms with E-state index in [2.05, 4.69) is 30.2 Å². The van der Waals surface area contributed by atoms with E-state index in [-0.39, 0.29) is 17.8 Å². The van der Waals surface area contributed by atoms with Crippen molar-refractivity contribution in [3.05, 3.63) is 48.5 Å². The van der Waals surface area contributed by atoms with Crippen LogP contribution in [0.3, 0.4) is 0 Å². The molecule has 40 heavy (non-hydrogen) atoms. The highest BCUT2D eigenvalue weighted by Crippen LogP contribution is 2.26. The second-order valence-electron chi connectivity index (χ2n) is 10.1. The van der Waals surface area contributed by atoms with Crippen molar-refractivity contribution in [3.8, 4) is 17.2 Å². The maximum Gasteiger partial charge on any atom is 0.230 e. The largest absolute Gasteiger partial charge is 0.492 e. The van der Waals surface area contributed by atoms with Crippen molar-refractivity contribution >= 4 is 23.2 Å². The van der Waals surface area contributed by atoms with Gasteiger partial charge in [0.1, 0.15) is 23.9 Å². The van der Waals surface area contributed by atoms with Gasteiger partial charge in [0, 0.05) is 65.0 Å². The first-order chi connectivity index (χ1) is 19.5. The number of rotatable bonds is 9. The summed E-state index contributed by atoms with van der Waals surface area (Å²) in [4.78, 5) is 15.5. The number of hydrogen-bond donors (Lipinski definition) is 2. The molecule has 12 nitrogen and oxygen atoms in total. The Morgan fingerprint density at radius 1 is 1.18 bits per heavy atom. The van der Waals surface area contributed by atoms with E-state index in [1.165, 1.54) is 10.6 Å². The Labute approximate surface area is 231 Å². The maximum absolute atomic E-state index is 14.9. The number of halogens is 1. The molecule has 212 valence electrons. The van der Waals surface area contributed by atoms with Gasteiger partial charge in [0.25, 0.3) is 0 Å². The molecular formula is C27H34FN9O3. The number of nitrogens with zero attached hydrogens (tertiary/aromatic N) is 7. The fraction of sp³-hybridized carbons (Fsp3) is 0.444. The van der Waals surface area contributed by atoms with Crippen molar-refractivity contribution < 1.29 is 18.3 Å². The molecule has 3 aromatic heterocycles. The van der Waals surface area contributed by atoms with Gasteiger partial charge in [-0.2, -0.15) is 19.6 Å². The van der Waals surface area contributed by atoms with Crippen LogP contribution in [0.15, 0.2) is 47.1 Å². The van der Waals surface area contributed by atoms with E-state index < -0.39 is 0 Å².